The number of fused-ring (bicyclic) bond motifs is 1. The number of anilines is 2. The number of hydrogen-bond donors (Lipinski definition) is 4. The van der Waals surface area contributed by atoms with Crippen LogP contribution in [0.15, 0.2) is 77.9 Å². The van der Waals surface area contributed by atoms with E-state index in [4.69, 9.17) is 9.97 Å². The molecule has 0 spiro atoms. The normalized spacial score (nSPS) is 23.0. The number of aromatic nitrogens is 3. The molecule has 2 atom stereocenters. The van der Waals surface area contributed by atoms with Crippen molar-refractivity contribution < 1.29 is 13.9 Å². The van der Waals surface area contributed by atoms with Gasteiger partial charge in [0.15, 0.2) is 11.7 Å². The molecule has 39 heavy (non-hydrogen) atoms. The molecule has 0 bridgehead atoms. The SMILES string of the molecule is C=C1C=C(C2CCC2)c2c(nc(-c3ccnc(NC4=C(F)C=CC(F)=C=C4)c3)nc2NC2CCNCC2O)C1. The Balaban J connectivity index is 1.39. The second-order valence-corrected chi connectivity index (χ2v) is 10.4. The van der Waals surface area contributed by atoms with E-state index in [1.165, 1.54) is 18.1 Å². The molecule has 2 unspecified atom stereocenters. The van der Waals surface area contributed by atoms with Crippen molar-refractivity contribution in [1.82, 2.24) is 20.3 Å². The van der Waals surface area contributed by atoms with Crippen molar-refractivity contribution in [3.63, 3.8) is 0 Å². The first-order valence-electron chi connectivity index (χ1n) is 13.3. The van der Waals surface area contributed by atoms with Gasteiger partial charge in [0.1, 0.15) is 17.5 Å². The summed E-state index contributed by atoms with van der Waals surface area (Å²) in [6.45, 7) is 5.59. The second-order valence-electron chi connectivity index (χ2n) is 10.4. The molecule has 3 aliphatic carbocycles. The number of aliphatic hydroxyl groups excluding tert-OH is 1. The van der Waals surface area contributed by atoms with E-state index in [-0.39, 0.29) is 11.7 Å². The van der Waals surface area contributed by atoms with Crippen LogP contribution in [0, 0.1) is 5.92 Å². The van der Waals surface area contributed by atoms with Gasteiger partial charge >= 0.3 is 0 Å². The molecule has 1 saturated carbocycles. The lowest BCUT2D eigenvalue weighted by molar-refractivity contribution is 0.128. The highest BCUT2D eigenvalue weighted by atomic mass is 19.1. The summed E-state index contributed by atoms with van der Waals surface area (Å²) >= 11 is 0. The molecule has 7 nitrogen and oxygen atoms in total. The molecule has 6 rings (SSSR count). The molecule has 200 valence electrons. The third kappa shape index (κ3) is 5.34. The molecule has 9 heteroatoms. The number of halogens is 2. The van der Waals surface area contributed by atoms with Gasteiger partial charge in [-0.15, -0.1) is 0 Å². The first-order chi connectivity index (χ1) is 18.9. The average molecular weight is 529 g/mol. The summed E-state index contributed by atoms with van der Waals surface area (Å²) in [4.78, 5) is 14.3. The maximum atomic E-state index is 14.4. The number of nitrogens with zero attached hydrogens (tertiary/aromatic N) is 3. The lowest BCUT2D eigenvalue weighted by atomic mass is 9.74. The fourth-order valence-corrected chi connectivity index (χ4v) is 5.32. The van der Waals surface area contributed by atoms with Crippen LogP contribution in [0.4, 0.5) is 20.4 Å². The summed E-state index contributed by atoms with van der Waals surface area (Å²) in [5, 5.41) is 20.3. The van der Waals surface area contributed by atoms with Crippen molar-refractivity contribution >= 4 is 17.2 Å². The van der Waals surface area contributed by atoms with Crippen LogP contribution in [0.25, 0.3) is 17.0 Å². The van der Waals surface area contributed by atoms with Gasteiger partial charge in [-0.2, -0.15) is 4.39 Å². The van der Waals surface area contributed by atoms with Gasteiger partial charge in [-0.25, -0.2) is 19.3 Å². The minimum Gasteiger partial charge on any atom is -0.390 e. The third-order valence-corrected chi connectivity index (χ3v) is 7.61. The van der Waals surface area contributed by atoms with E-state index >= 15 is 0 Å². The summed E-state index contributed by atoms with van der Waals surface area (Å²) < 4.78 is 28.0. The summed E-state index contributed by atoms with van der Waals surface area (Å²) in [6, 6.07) is 3.39. The molecule has 2 aromatic rings. The van der Waals surface area contributed by atoms with E-state index in [0.29, 0.717) is 41.9 Å². The predicted octanol–water partition coefficient (Wildman–Crippen LogP) is 5.14. The second kappa shape index (κ2) is 10.7. The lowest BCUT2D eigenvalue weighted by Crippen LogP contribution is -2.48. The van der Waals surface area contributed by atoms with E-state index in [1.807, 2.05) is 0 Å². The van der Waals surface area contributed by atoms with Gasteiger partial charge in [0.2, 0.25) is 0 Å². The topological polar surface area (TPSA) is 95.0 Å². The van der Waals surface area contributed by atoms with E-state index in [1.54, 1.807) is 18.3 Å². The number of rotatable bonds is 6. The molecule has 0 radical (unpaired) electrons. The number of hydrogen-bond acceptors (Lipinski definition) is 7. The molecule has 2 fully saturated rings. The van der Waals surface area contributed by atoms with Crippen LogP contribution in [-0.4, -0.2) is 45.3 Å². The van der Waals surface area contributed by atoms with Crippen LogP contribution in [0.1, 0.15) is 36.9 Å². The quantitative estimate of drug-likeness (QED) is 0.386. The van der Waals surface area contributed by atoms with E-state index in [9.17, 15) is 13.9 Å². The lowest BCUT2D eigenvalue weighted by Gasteiger charge is -2.35. The van der Waals surface area contributed by atoms with E-state index < -0.39 is 17.8 Å². The number of β-amino-alcohol motifs (C(OH)–C–C–N with tert-alkyl or cyclic N) is 1. The summed E-state index contributed by atoms with van der Waals surface area (Å²) in [5.74, 6) is 0.716. The Morgan fingerprint density at radius 3 is 2.82 bits per heavy atom. The molecule has 0 amide bonds. The summed E-state index contributed by atoms with van der Waals surface area (Å²) in [7, 11) is 0. The summed E-state index contributed by atoms with van der Waals surface area (Å²) in [6.07, 6.45) is 11.3. The van der Waals surface area contributed by atoms with Crippen molar-refractivity contribution in [2.45, 2.75) is 44.2 Å². The van der Waals surface area contributed by atoms with E-state index in [2.05, 4.69) is 39.3 Å². The molecule has 1 saturated heterocycles. The minimum atomic E-state index is -0.665. The van der Waals surface area contributed by atoms with Crippen LogP contribution in [0.5, 0.6) is 0 Å². The van der Waals surface area contributed by atoms with Crippen molar-refractivity contribution in [2.75, 3.05) is 23.7 Å². The van der Waals surface area contributed by atoms with Crippen molar-refractivity contribution in [1.29, 1.82) is 0 Å². The molecule has 3 heterocycles. The van der Waals surface area contributed by atoms with Gasteiger partial charge in [0, 0.05) is 36.4 Å². The van der Waals surface area contributed by atoms with Gasteiger partial charge < -0.3 is 21.1 Å². The third-order valence-electron chi connectivity index (χ3n) is 7.61. The average Bonchev–Trinajstić information content (AvgIpc) is 3.04. The number of nitrogens with one attached hydrogen (secondary N) is 3. The van der Waals surface area contributed by atoms with Crippen molar-refractivity contribution in [3.05, 3.63) is 89.1 Å². The fourth-order valence-electron chi connectivity index (χ4n) is 5.32. The number of allylic oxidation sites excluding steroid dienone is 7. The zero-order valence-corrected chi connectivity index (χ0v) is 21.5. The highest BCUT2D eigenvalue weighted by Crippen LogP contribution is 2.45. The van der Waals surface area contributed by atoms with Crippen molar-refractivity contribution in [2.24, 2.45) is 5.92 Å². The van der Waals surface area contributed by atoms with Gasteiger partial charge in [0.25, 0.3) is 0 Å². The van der Waals surface area contributed by atoms with Crippen LogP contribution in [-0.2, 0) is 6.42 Å². The minimum absolute atomic E-state index is 0.0451. The number of piperidine rings is 1. The largest absolute Gasteiger partial charge is 0.390 e. The first kappa shape index (κ1) is 25.4. The zero-order chi connectivity index (χ0) is 26.9. The standard InChI is InChI=1S/C30H30F2N6O/c1-17-13-21(18-3-2-4-18)28-25(14-17)37-29(38-30(28)36-24-10-11-33-16-26(24)39)19-9-12-34-27(15-19)35-23-8-6-20(31)5-7-22(23)32/h5,7-9,12-13,15,18,24,26,33,39H,1-4,10-11,14,16H2,(H,34,35)(H,36,37,38). The van der Waals surface area contributed by atoms with Gasteiger partial charge in [-0.3, -0.25) is 0 Å². The van der Waals surface area contributed by atoms with Crippen LogP contribution < -0.4 is 16.0 Å². The Bertz CT molecular complexity index is 1480. The maximum Gasteiger partial charge on any atom is 0.165 e. The highest BCUT2D eigenvalue weighted by molar-refractivity contribution is 5.83. The number of aliphatic hydroxyl groups is 1. The molecular formula is C30H30F2N6O. The Morgan fingerprint density at radius 2 is 2.03 bits per heavy atom. The fraction of sp³-hybridized carbons (Fsp3) is 0.333. The zero-order valence-electron chi connectivity index (χ0n) is 21.5. The van der Waals surface area contributed by atoms with Gasteiger partial charge in [-0.05, 0) is 67.2 Å². The van der Waals surface area contributed by atoms with Crippen LogP contribution in [0.2, 0.25) is 0 Å². The Morgan fingerprint density at radius 1 is 1.15 bits per heavy atom. The Labute approximate surface area is 225 Å². The molecule has 4 N–H and O–H groups in total. The molecule has 0 aromatic carbocycles. The van der Waals surface area contributed by atoms with Crippen molar-refractivity contribution in [3.8, 4) is 11.4 Å². The molecule has 4 aliphatic rings. The molecule has 1 aliphatic heterocycles. The maximum absolute atomic E-state index is 14.4. The van der Waals surface area contributed by atoms with Gasteiger partial charge in [-0.1, -0.05) is 24.8 Å². The van der Waals surface area contributed by atoms with Crippen LogP contribution >= 0.6 is 0 Å². The Hall–Kier alpha value is -3.91. The predicted molar refractivity (Wildman–Crippen MR) is 148 cm³/mol. The van der Waals surface area contributed by atoms with Gasteiger partial charge in [0.05, 0.1) is 23.5 Å². The van der Waals surface area contributed by atoms with Crippen LogP contribution in [0.3, 0.4) is 0 Å². The highest BCUT2D eigenvalue weighted by Gasteiger charge is 2.32. The Kier molecular flexibility index (Phi) is 6.95. The first-order valence-corrected chi connectivity index (χ1v) is 13.3. The summed E-state index contributed by atoms with van der Waals surface area (Å²) in [5.41, 5.74) is 7.26. The monoisotopic (exact) mass is 528 g/mol. The molecular weight excluding hydrogens is 498 g/mol. The smallest absolute Gasteiger partial charge is 0.165 e. The number of pyridine rings is 1. The molecule has 2 aromatic heterocycles. The van der Waals surface area contributed by atoms with E-state index in [0.717, 1.165) is 54.8 Å².